The standard InChI is InChI=1S/C17H18Cl2N6O2/c1-2-26-15-7-12(9-21-25-17(20)22-23-24-25)14(19)8-16(15)27-10-11-5-3-4-6-13(11)18/h3-8,21H,2,9-10H2,1H3,(H2,20,22,24). The number of benzene rings is 2. The van der Waals surface area contributed by atoms with Crippen molar-refractivity contribution in [2.45, 2.75) is 20.1 Å². The van der Waals surface area contributed by atoms with E-state index in [-0.39, 0.29) is 5.95 Å². The molecule has 0 radical (unpaired) electrons. The predicted molar refractivity (Wildman–Crippen MR) is 104 cm³/mol. The summed E-state index contributed by atoms with van der Waals surface area (Å²) in [6, 6.07) is 11.0. The van der Waals surface area contributed by atoms with E-state index in [1.165, 1.54) is 4.79 Å². The molecule has 3 rings (SSSR count). The summed E-state index contributed by atoms with van der Waals surface area (Å²) in [6.07, 6.45) is 0. The lowest BCUT2D eigenvalue weighted by Gasteiger charge is -2.16. The molecule has 0 aliphatic rings. The number of hydrogen-bond donors (Lipinski definition) is 2. The van der Waals surface area contributed by atoms with Gasteiger partial charge in [0.2, 0.25) is 0 Å². The normalized spacial score (nSPS) is 10.6. The van der Waals surface area contributed by atoms with Crippen LogP contribution in [0.1, 0.15) is 18.1 Å². The van der Waals surface area contributed by atoms with Crippen molar-refractivity contribution in [2.24, 2.45) is 0 Å². The van der Waals surface area contributed by atoms with Crippen LogP contribution in [-0.2, 0) is 13.2 Å². The maximum atomic E-state index is 6.40. The fraction of sp³-hybridized carbons (Fsp3) is 0.235. The molecular weight excluding hydrogens is 391 g/mol. The summed E-state index contributed by atoms with van der Waals surface area (Å²) in [7, 11) is 0. The molecule has 0 unspecified atom stereocenters. The van der Waals surface area contributed by atoms with Gasteiger partial charge in [0.05, 0.1) is 13.2 Å². The second-order valence-electron chi connectivity index (χ2n) is 5.49. The third-order valence-electron chi connectivity index (χ3n) is 3.67. The van der Waals surface area contributed by atoms with E-state index in [1.54, 1.807) is 12.1 Å². The molecule has 0 aliphatic carbocycles. The van der Waals surface area contributed by atoms with Crippen molar-refractivity contribution in [3.63, 3.8) is 0 Å². The van der Waals surface area contributed by atoms with E-state index in [4.69, 9.17) is 38.4 Å². The average molecular weight is 409 g/mol. The van der Waals surface area contributed by atoms with E-state index in [0.717, 1.165) is 11.1 Å². The highest BCUT2D eigenvalue weighted by Gasteiger charge is 2.13. The molecule has 3 aromatic rings. The smallest absolute Gasteiger partial charge is 0.260 e. The highest BCUT2D eigenvalue weighted by Crippen LogP contribution is 2.34. The lowest BCUT2D eigenvalue weighted by atomic mass is 10.2. The molecule has 0 spiro atoms. The van der Waals surface area contributed by atoms with Crippen LogP contribution in [0.5, 0.6) is 11.5 Å². The molecule has 0 fully saturated rings. The van der Waals surface area contributed by atoms with E-state index >= 15 is 0 Å². The second kappa shape index (κ2) is 8.79. The molecule has 1 aromatic heterocycles. The van der Waals surface area contributed by atoms with E-state index in [2.05, 4.69) is 21.0 Å². The number of ether oxygens (including phenoxy) is 2. The van der Waals surface area contributed by atoms with Gasteiger partial charge in [-0.15, -0.1) is 4.79 Å². The van der Waals surface area contributed by atoms with Crippen molar-refractivity contribution in [2.75, 3.05) is 17.8 Å². The molecular formula is C17H18Cl2N6O2. The fourth-order valence-electron chi connectivity index (χ4n) is 2.33. The molecule has 0 saturated heterocycles. The molecule has 0 bridgehead atoms. The third-order valence-corrected chi connectivity index (χ3v) is 4.39. The number of anilines is 1. The van der Waals surface area contributed by atoms with Gasteiger partial charge in [0.1, 0.15) is 6.61 Å². The minimum absolute atomic E-state index is 0.149. The molecule has 2 aromatic carbocycles. The van der Waals surface area contributed by atoms with Crippen LogP contribution in [0.2, 0.25) is 10.0 Å². The van der Waals surface area contributed by atoms with E-state index < -0.39 is 0 Å². The molecule has 0 saturated carbocycles. The molecule has 27 heavy (non-hydrogen) atoms. The van der Waals surface area contributed by atoms with Crippen LogP contribution in [0.3, 0.4) is 0 Å². The average Bonchev–Trinajstić information content (AvgIpc) is 3.06. The van der Waals surface area contributed by atoms with Gasteiger partial charge in [-0.25, -0.2) is 0 Å². The maximum Gasteiger partial charge on any atom is 0.260 e. The number of tetrazole rings is 1. The Hall–Kier alpha value is -2.71. The van der Waals surface area contributed by atoms with Gasteiger partial charge < -0.3 is 20.6 Å². The second-order valence-corrected chi connectivity index (χ2v) is 6.30. The quantitative estimate of drug-likeness (QED) is 0.589. The first-order valence-electron chi connectivity index (χ1n) is 8.17. The zero-order valence-corrected chi connectivity index (χ0v) is 16.0. The summed E-state index contributed by atoms with van der Waals surface area (Å²) >= 11 is 12.6. The maximum absolute atomic E-state index is 6.40. The first-order chi connectivity index (χ1) is 13.1. The topological polar surface area (TPSA) is 100 Å². The van der Waals surface area contributed by atoms with Crippen LogP contribution in [0, 0.1) is 0 Å². The number of hydrogen-bond acceptors (Lipinski definition) is 7. The van der Waals surface area contributed by atoms with Gasteiger partial charge >= 0.3 is 0 Å². The fourth-order valence-corrected chi connectivity index (χ4v) is 2.74. The SMILES string of the molecule is CCOc1cc(CNn2nnnc2N)c(Cl)cc1OCc1ccccc1Cl. The van der Waals surface area contributed by atoms with Crippen LogP contribution in [0.25, 0.3) is 0 Å². The summed E-state index contributed by atoms with van der Waals surface area (Å²) in [4.78, 5) is 1.26. The highest BCUT2D eigenvalue weighted by molar-refractivity contribution is 6.31. The predicted octanol–water partition coefficient (Wildman–Crippen LogP) is 3.28. The number of nitrogens with zero attached hydrogens (tertiary/aromatic N) is 4. The van der Waals surface area contributed by atoms with Gasteiger partial charge in [-0.3, -0.25) is 0 Å². The number of aromatic nitrogens is 4. The molecule has 3 N–H and O–H groups in total. The Kier molecular flexibility index (Phi) is 6.20. The molecule has 1 heterocycles. The summed E-state index contributed by atoms with van der Waals surface area (Å²) in [6.45, 7) is 3.02. The van der Waals surface area contributed by atoms with E-state index in [9.17, 15) is 0 Å². The number of rotatable bonds is 8. The Balaban J connectivity index is 1.77. The Morgan fingerprint density at radius 1 is 1.07 bits per heavy atom. The highest BCUT2D eigenvalue weighted by atomic mass is 35.5. The van der Waals surface area contributed by atoms with Gasteiger partial charge in [0.15, 0.2) is 11.5 Å². The summed E-state index contributed by atoms with van der Waals surface area (Å²) < 4.78 is 11.6. The van der Waals surface area contributed by atoms with Crippen LogP contribution < -0.4 is 20.6 Å². The van der Waals surface area contributed by atoms with Crippen molar-refractivity contribution in [3.8, 4) is 11.5 Å². The van der Waals surface area contributed by atoms with Crippen molar-refractivity contribution in [3.05, 3.63) is 57.6 Å². The number of halogens is 2. The lowest BCUT2D eigenvalue weighted by Crippen LogP contribution is -2.18. The van der Waals surface area contributed by atoms with Gasteiger partial charge in [-0.05, 0) is 35.0 Å². The monoisotopic (exact) mass is 408 g/mol. The molecule has 0 atom stereocenters. The van der Waals surface area contributed by atoms with E-state index in [1.807, 2.05) is 31.2 Å². The van der Waals surface area contributed by atoms with Crippen LogP contribution in [0.15, 0.2) is 36.4 Å². The Morgan fingerprint density at radius 3 is 2.56 bits per heavy atom. The van der Waals surface area contributed by atoms with Crippen LogP contribution in [0.4, 0.5) is 5.95 Å². The van der Waals surface area contributed by atoms with Gasteiger partial charge in [0, 0.05) is 21.7 Å². The first kappa shape index (κ1) is 19.1. The lowest BCUT2D eigenvalue weighted by molar-refractivity contribution is 0.269. The zero-order chi connectivity index (χ0) is 19.2. The van der Waals surface area contributed by atoms with Crippen molar-refractivity contribution < 1.29 is 9.47 Å². The van der Waals surface area contributed by atoms with Gasteiger partial charge in [0.25, 0.3) is 5.95 Å². The van der Waals surface area contributed by atoms with Crippen LogP contribution >= 0.6 is 23.2 Å². The molecule has 8 nitrogen and oxygen atoms in total. The number of nitrogens with two attached hydrogens (primary N) is 1. The summed E-state index contributed by atoms with van der Waals surface area (Å²) in [5, 5.41) is 11.9. The minimum Gasteiger partial charge on any atom is -0.490 e. The van der Waals surface area contributed by atoms with Crippen molar-refractivity contribution in [1.29, 1.82) is 0 Å². The van der Waals surface area contributed by atoms with Crippen molar-refractivity contribution in [1.82, 2.24) is 20.3 Å². The summed E-state index contributed by atoms with van der Waals surface area (Å²) in [5.74, 6) is 1.26. The molecule has 10 heteroatoms. The molecule has 0 aliphatic heterocycles. The number of nitrogen functional groups attached to an aromatic ring is 1. The summed E-state index contributed by atoms with van der Waals surface area (Å²) in [5.41, 5.74) is 10.2. The molecule has 142 valence electrons. The Morgan fingerprint density at radius 2 is 1.85 bits per heavy atom. The third kappa shape index (κ3) is 4.72. The van der Waals surface area contributed by atoms with Crippen molar-refractivity contribution >= 4 is 29.2 Å². The Bertz CT molecular complexity index is 918. The zero-order valence-electron chi connectivity index (χ0n) is 14.5. The van der Waals surface area contributed by atoms with E-state index in [0.29, 0.717) is 41.3 Å². The van der Waals surface area contributed by atoms with Gasteiger partial charge in [-0.1, -0.05) is 46.5 Å². The van der Waals surface area contributed by atoms with Gasteiger partial charge in [-0.2, -0.15) is 0 Å². The van der Waals surface area contributed by atoms with Crippen LogP contribution in [-0.4, -0.2) is 26.9 Å². The Labute approximate surface area is 166 Å². The largest absolute Gasteiger partial charge is 0.490 e. The number of nitrogens with one attached hydrogen (secondary N) is 1. The molecule has 0 amide bonds. The minimum atomic E-state index is 0.149. The first-order valence-corrected chi connectivity index (χ1v) is 8.93.